The molecular weight excluding hydrogens is 512 g/mol. The summed E-state index contributed by atoms with van der Waals surface area (Å²) >= 11 is 1.34. The summed E-state index contributed by atoms with van der Waals surface area (Å²) in [5.74, 6) is -0.0317. The SMILES string of the molecule is COc1ccc(C2/C(=C(\O)c3ccc(OCC(C)C)c(C)c3)C(=O)C(=O)N2c2nc3ccc(C)cc3s2)cc1. The number of anilines is 1. The third kappa shape index (κ3) is 5.00. The maximum absolute atomic E-state index is 13.5. The zero-order valence-electron chi connectivity index (χ0n) is 22.5. The molecular formula is C31H30N2O5S. The molecule has 3 aromatic carbocycles. The van der Waals surface area contributed by atoms with Crippen molar-refractivity contribution in [3.63, 3.8) is 0 Å². The average Bonchev–Trinajstić information content (AvgIpc) is 3.45. The Bertz CT molecular complexity index is 1600. The van der Waals surface area contributed by atoms with Crippen LogP contribution in [0.15, 0.2) is 66.2 Å². The number of aryl methyl sites for hydroxylation is 2. The minimum atomic E-state index is -0.866. The van der Waals surface area contributed by atoms with Crippen molar-refractivity contribution in [2.75, 3.05) is 18.6 Å². The Kier molecular flexibility index (Phi) is 7.14. The number of thiazole rings is 1. The smallest absolute Gasteiger partial charge is 0.301 e. The molecule has 1 unspecified atom stereocenters. The Morgan fingerprint density at radius 1 is 1.05 bits per heavy atom. The van der Waals surface area contributed by atoms with Crippen LogP contribution in [0.5, 0.6) is 11.5 Å². The lowest BCUT2D eigenvalue weighted by Gasteiger charge is -2.23. The number of methoxy groups -OCH3 is 1. The standard InChI is InChI=1S/C31H30N2O5S/c1-17(2)16-38-24-13-9-21(15-19(24)4)28(34)26-27(20-7-10-22(37-5)11-8-20)33(30(36)29(26)35)31-32-23-12-6-18(3)14-25(23)39-31/h6-15,17,27,34H,16H2,1-5H3/b28-26+. The number of rotatable bonds is 7. The first-order chi connectivity index (χ1) is 18.7. The Labute approximate surface area is 231 Å². The summed E-state index contributed by atoms with van der Waals surface area (Å²) in [6, 6.07) is 17.4. The van der Waals surface area contributed by atoms with Gasteiger partial charge in [-0.25, -0.2) is 4.98 Å². The van der Waals surface area contributed by atoms with Crippen molar-refractivity contribution in [3.8, 4) is 11.5 Å². The quantitative estimate of drug-likeness (QED) is 0.161. The Hall–Kier alpha value is -4.17. The van der Waals surface area contributed by atoms with Crippen molar-refractivity contribution in [1.82, 2.24) is 4.98 Å². The molecule has 8 heteroatoms. The molecule has 200 valence electrons. The molecule has 1 aromatic heterocycles. The number of ketones is 1. The molecule has 0 spiro atoms. The summed E-state index contributed by atoms with van der Waals surface area (Å²) in [6.45, 7) is 8.58. The lowest BCUT2D eigenvalue weighted by molar-refractivity contribution is -0.132. The van der Waals surface area contributed by atoms with Crippen molar-refractivity contribution in [1.29, 1.82) is 0 Å². The zero-order chi connectivity index (χ0) is 27.8. The molecule has 0 bridgehead atoms. The maximum atomic E-state index is 13.5. The first kappa shape index (κ1) is 26.4. The van der Waals surface area contributed by atoms with Gasteiger partial charge in [-0.15, -0.1) is 0 Å². The highest BCUT2D eigenvalue weighted by atomic mass is 32.1. The maximum Gasteiger partial charge on any atom is 0.301 e. The van der Waals surface area contributed by atoms with Crippen LogP contribution in [-0.4, -0.2) is 35.5 Å². The number of ether oxygens (including phenoxy) is 2. The topological polar surface area (TPSA) is 89.0 Å². The third-order valence-corrected chi connectivity index (χ3v) is 7.65. The van der Waals surface area contributed by atoms with Crippen LogP contribution in [0.1, 0.15) is 42.1 Å². The van der Waals surface area contributed by atoms with Gasteiger partial charge >= 0.3 is 5.91 Å². The Balaban J connectivity index is 1.64. The number of fused-ring (bicyclic) bond motifs is 1. The van der Waals surface area contributed by atoms with Crippen LogP contribution in [0.3, 0.4) is 0 Å². The van der Waals surface area contributed by atoms with Crippen molar-refractivity contribution in [3.05, 3.63) is 88.5 Å². The Morgan fingerprint density at radius 2 is 1.79 bits per heavy atom. The van der Waals surface area contributed by atoms with Crippen LogP contribution in [0, 0.1) is 19.8 Å². The van der Waals surface area contributed by atoms with Crippen LogP contribution in [-0.2, 0) is 9.59 Å². The number of amides is 1. The molecule has 1 aliphatic heterocycles. The molecule has 1 fully saturated rings. The number of carbonyl (C=O) groups excluding carboxylic acids is 2. The molecule has 7 nitrogen and oxygen atoms in total. The molecule has 1 amide bonds. The molecule has 5 rings (SSSR count). The number of benzene rings is 3. The lowest BCUT2D eigenvalue weighted by atomic mass is 9.95. The first-order valence-electron chi connectivity index (χ1n) is 12.7. The van der Waals surface area contributed by atoms with E-state index in [1.54, 1.807) is 49.6 Å². The number of aliphatic hydroxyl groups is 1. The highest BCUT2D eigenvalue weighted by molar-refractivity contribution is 7.22. The highest BCUT2D eigenvalue weighted by Crippen LogP contribution is 2.44. The summed E-state index contributed by atoms with van der Waals surface area (Å²) in [7, 11) is 1.57. The van der Waals surface area contributed by atoms with Crippen molar-refractivity contribution >= 4 is 44.1 Å². The van der Waals surface area contributed by atoms with Gasteiger partial charge in [0.05, 0.1) is 35.5 Å². The summed E-state index contributed by atoms with van der Waals surface area (Å²) in [5.41, 5.74) is 3.72. The van der Waals surface area contributed by atoms with E-state index in [0.717, 1.165) is 21.3 Å². The van der Waals surface area contributed by atoms with E-state index in [2.05, 4.69) is 18.8 Å². The minimum absolute atomic E-state index is 0.0100. The Morgan fingerprint density at radius 3 is 2.46 bits per heavy atom. The molecule has 1 N–H and O–H groups in total. The molecule has 4 aromatic rings. The van der Waals surface area contributed by atoms with Crippen LogP contribution in [0.2, 0.25) is 0 Å². The average molecular weight is 543 g/mol. The summed E-state index contributed by atoms with van der Waals surface area (Å²) < 4.78 is 12.1. The van der Waals surface area contributed by atoms with Crippen LogP contribution in [0.25, 0.3) is 16.0 Å². The molecule has 1 saturated heterocycles. The van der Waals surface area contributed by atoms with E-state index in [9.17, 15) is 14.7 Å². The highest BCUT2D eigenvalue weighted by Gasteiger charge is 2.48. The second kappa shape index (κ2) is 10.5. The van der Waals surface area contributed by atoms with E-state index in [1.807, 2.05) is 32.0 Å². The van der Waals surface area contributed by atoms with E-state index in [0.29, 0.717) is 40.3 Å². The van der Waals surface area contributed by atoms with Gasteiger partial charge in [-0.05, 0) is 78.9 Å². The number of Topliss-reactive ketones (excluding diaryl/α,β-unsaturated/α-hetero) is 1. The van der Waals surface area contributed by atoms with Gasteiger partial charge in [0.2, 0.25) is 0 Å². The molecule has 0 aliphatic carbocycles. The number of nitrogens with zero attached hydrogens (tertiary/aromatic N) is 2. The fourth-order valence-corrected chi connectivity index (χ4v) is 5.72. The van der Waals surface area contributed by atoms with Crippen LogP contribution >= 0.6 is 11.3 Å². The molecule has 39 heavy (non-hydrogen) atoms. The van der Waals surface area contributed by atoms with E-state index in [4.69, 9.17) is 9.47 Å². The monoisotopic (exact) mass is 542 g/mol. The van der Waals surface area contributed by atoms with Crippen molar-refractivity contribution in [2.24, 2.45) is 5.92 Å². The third-order valence-electron chi connectivity index (χ3n) is 6.64. The van der Waals surface area contributed by atoms with E-state index in [-0.39, 0.29) is 11.3 Å². The largest absolute Gasteiger partial charge is 0.507 e. The molecule has 1 aliphatic rings. The van der Waals surface area contributed by atoms with Gasteiger partial charge in [0, 0.05) is 5.56 Å². The molecule has 0 radical (unpaired) electrons. The molecule has 2 heterocycles. The van der Waals surface area contributed by atoms with Crippen LogP contribution < -0.4 is 14.4 Å². The summed E-state index contributed by atoms with van der Waals surface area (Å²) in [5, 5.41) is 11.9. The fraction of sp³-hybridized carbons (Fsp3) is 0.258. The van der Waals surface area contributed by atoms with Gasteiger partial charge in [-0.2, -0.15) is 0 Å². The summed E-state index contributed by atoms with van der Waals surface area (Å²) in [4.78, 5) is 33.1. The first-order valence-corrected chi connectivity index (χ1v) is 13.6. The van der Waals surface area contributed by atoms with Gasteiger partial charge in [0.25, 0.3) is 5.78 Å². The van der Waals surface area contributed by atoms with E-state index < -0.39 is 17.7 Å². The predicted octanol–water partition coefficient (Wildman–Crippen LogP) is 6.58. The number of aliphatic hydroxyl groups excluding tert-OH is 1. The second-order valence-electron chi connectivity index (χ2n) is 10.1. The van der Waals surface area contributed by atoms with E-state index >= 15 is 0 Å². The number of carbonyl (C=O) groups is 2. The lowest BCUT2D eigenvalue weighted by Crippen LogP contribution is -2.29. The number of hydrogen-bond donors (Lipinski definition) is 1. The van der Waals surface area contributed by atoms with Crippen molar-refractivity contribution in [2.45, 2.75) is 33.7 Å². The molecule has 1 atom stereocenters. The summed E-state index contributed by atoms with van der Waals surface area (Å²) in [6.07, 6.45) is 0. The van der Waals surface area contributed by atoms with Gasteiger partial charge < -0.3 is 14.6 Å². The minimum Gasteiger partial charge on any atom is -0.507 e. The van der Waals surface area contributed by atoms with Gasteiger partial charge in [0.15, 0.2) is 5.13 Å². The fourth-order valence-electron chi connectivity index (χ4n) is 4.62. The second-order valence-corrected chi connectivity index (χ2v) is 11.1. The van der Waals surface area contributed by atoms with Crippen LogP contribution in [0.4, 0.5) is 5.13 Å². The van der Waals surface area contributed by atoms with Gasteiger partial charge in [-0.3, -0.25) is 14.5 Å². The normalized spacial score (nSPS) is 16.9. The van der Waals surface area contributed by atoms with Crippen molar-refractivity contribution < 1.29 is 24.2 Å². The van der Waals surface area contributed by atoms with Gasteiger partial charge in [-0.1, -0.05) is 43.4 Å². The van der Waals surface area contributed by atoms with E-state index in [1.165, 1.54) is 16.2 Å². The predicted molar refractivity (Wildman–Crippen MR) is 154 cm³/mol. The van der Waals surface area contributed by atoms with Gasteiger partial charge in [0.1, 0.15) is 17.3 Å². The number of hydrogen-bond acceptors (Lipinski definition) is 7. The zero-order valence-corrected chi connectivity index (χ0v) is 23.3. The number of aromatic nitrogens is 1. The molecule has 0 saturated carbocycles.